The molecule has 57 heavy (non-hydrogen) atoms. The van der Waals surface area contributed by atoms with Gasteiger partial charge in [0.1, 0.15) is 23.7 Å². The van der Waals surface area contributed by atoms with E-state index in [1.807, 2.05) is 18.2 Å². The van der Waals surface area contributed by atoms with Crippen LogP contribution in [-0.4, -0.2) is 108 Å². The lowest BCUT2D eigenvalue weighted by atomic mass is 9.81. The molecule has 16 heteroatoms. The van der Waals surface area contributed by atoms with E-state index in [2.05, 4.69) is 21.3 Å². The van der Waals surface area contributed by atoms with Gasteiger partial charge in [-0.1, -0.05) is 60.7 Å². The molecule has 1 saturated carbocycles. The summed E-state index contributed by atoms with van der Waals surface area (Å²) in [5.74, 6) is -8.19. The number of amides is 6. The molecule has 2 aromatic rings. The first-order valence-electron chi connectivity index (χ1n) is 19.2. The van der Waals surface area contributed by atoms with Crippen molar-refractivity contribution in [2.45, 2.75) is 108 Å². The molecule has 0 spiro atoms. The van der Waals surface area contributed by atoms with Crippen LogP contribution in [0.25, 0.3) is 0 Å². The van der Waals surface area contributed by atoms with Crippen LogP contribution in [0.15, 0.2) is 60.7 Å². The van der Waals surface area contributed by atoms with E-state index >= 15 is 0 Å². The molecule has 14 nitrogen and oxygen atoms in total. The number of ketones is 1. The van der Waals surface area contributed by atoms with Crippen LogP contribution in [-0.2, 0) is 39.9 Å². The highest BCUT2D eigenvalue weighted by Crippen LogP contribution is 2.38. The molecule has 310 valence electrons. The van der Waals surface area contributed by atoms with Gasteiger partial charge in [-0.15, -0.1) is 0 Å². The van der Waals surface area contributed by atoms with E-state index in [-0.39, 0.29) is 38.6 Å². The van der Waals surface area contributed by atoms with Crippen LogP contribution < -0.4 is 21.3 Å². The summed E-state index contributed by atoms with van der Waals surface area (Å²) in [7, 11) is 3.07. The van der Waals surface area contributed by atoms with Gasteiger partial charge in [0.05, 0.1) is 12.6 Å². The summed E-state index contributed by atoms with van der Waals surface area (Å²) in [5.41, 5.74) is 0.441. The fourth-order valence-corrected chi connectivity index (χ4v) is 6.99. The summed E-state index contributed by atoms with van der Waals surface area (Å²) < 4.78 is 33.6. The molecule has 2 fully saturated rings. The molecule has 4 atom stereocenters. The molecule has 1 aliphatic heterocycles. The van der Waals surface area contributed by atoms with Gasteiger partial charge in [-0.3, -0.25) is 28.8 Å². The number of likely N-dealkylation sites (N-methyl/N-ethyl adjacent to an activating group) is 1. The molecule has 1 saturated heterocycles. The minimum Gasteiger partial charge on any atom is -0.444 e. The first kappa shape index (κ1) is 44.3. The van der Waals surface area contributed by atoms with Gasteiger partial charge in [-0.25, -0.2) is 13.6 Å². The Morgan fingerprint density at radius 3 is 2.09 bits per heavy atom. The quantitative estimate of drug-likeness (QED) is 0.198. The number of carbonyl (C=O) groups excluding carboxylic acids is 7. The number of nitrogens with one attached hydrogen (secondary N) is 4. The van der Waals surface area contributed by atoms with Gasteiger partial charge in [0.15, 0.2) is 0 Å². The van der Waals surface area contributed by atoms with Crippen molar-refractivity contribution < 1.29 is 47.1 Å². The Bertz CT molecular complexity index is 1740. The maximum atomic E-state index is 14.2. The zero-order chi connectivity index (χ0) is 41.9. The molecule has 0 bridgehead atoms. The molecule has 1 heterocycles. The van der Waals surface area contributed by atoms with Crippen molar-refractivity contribution in [3.05, 3.63) is 71.8 Å². The van der Waals surface area contributed by atoms with E-state index in [1.165, 1.54) is 23.9 Å². The van der Waals surface area contributed by atoms with Gasteiger partial charge < -0.3 is 35.8 Å². The maximum Gasteiger partial charge on any atom is 0.408 e. The monoisotopic (exact) mass is 796 g/mol. The number of halogens is 2. The number of alkyl carbamates (subject to hydrolysis) is 1. The lowest BCUT2D eigenvalue weighted by molar-refractivity contribution is -0.144. The third-order valence-corrected chi connectivity index (χ3v) is 9.97. The summed E-state index contributed by atoms with van der Waals surface area (Å²) in [4.78, 5) is 96.3. The molecule has 0 radical (unpaired) electrons. The zero-order valence-electron chi connectivity index (χ0n) is 33.1. The van der Waals surface area contributed by atoms with Gasteiger partial charge in [0.25, 0.3) is 5.91 Å². The van der Waals surface area contributed by atoms with Crippen LogP contribution in [0.3, 0.4) is 0 Å². The van der Waals surface area contributed by atoms with Crippen LogP contribution in [0.5, 0.6) is 0 Å². The Morgan fingerprint density at radius 1 is 0.877 bits per heavy atom. The highest BCUT2D eigenvalue weighted by molar-refractivity contribution is 6.38. The Hall–Kier alpha value is -5.41. The topological polar surface area (TPSA) is 183 Å². The average molecular weight is 797 g/mol. The standard InChI is InChI=1S/C41H54F2N6O8/c1-40(2,3)57-39(56)47-33(28-20-22-41(42,43)23-21-28)38(55)49-24-12-17-30(49)35(52)45-29(19-18-26-13-8-6-9-14-26)34(51)36(53)44-25-31(50)46-32(37(54)48(4)5)27-15-10-7-11-16-27/h6-11,13-16,28-30,32-33H,12,17-25H2,1-5H3,(H,44,53)(H,45,52)(H,46,50)(H,47,56)/t29?,30?,32-,33?/m0/s1. The van der Waals surface area contributed by atoms with E-state index in [1.54, 1.807) is 63.2 Å². The van der Waals surface area contributed by atoms with Gasteiger partial charge in [0, 0.05) is 33.5 Å². The first-order valence-corrected chi connectivity index (χ1v) is 19.2. The molecule has 1 aliphatic carbocycles. The van der Waals surface area contributed by atoms with Crippen LogP contribution in [0.1, 0.15) is 82.9 Å². The van der Waals surface area contributed by atoms with Gasteiger partial charge in [-0.2, -0.15) is 0 Å². The van der Waals surface area contributed by atoms with E-state index in [9.17, 15) is 42.3 Å². The van der Waals surface area contributed by atoms with E-state index in [0.717, 1.165) is 5.56 Å². The van der Waals surface area contributed by atoms with Gasteiger partial charge in [-0.05, 0) is 76.3 Å². The third kappa shape index (κ3) is 13.1. The predicted molar refractivity (Wildman–Crippen MR) is 206 cm³/mol. The Morgan fingerprint density at radius 2 is 1.49 bits per heavy atom. The number of rotatable bonds is 15. The number of nitrogens with zero attached hydrogens (tertiary/aromatic N) is 2. The number of benzene rings is 2. The van der Waals surface area contributed by atoms with Crippen molar-refractivity contribution in [1.82, 2.24) is 31.1 Å². The normalized spacial score (nSPS) is 18.3. The van der Waals surface area contributed by atoms with E-state index in [0.29, 0.717) is 12.0 Å². The number of Topliss-reactive ketones (excluding diaryl/α,β-unsaturated/α-hetero) is 1. The highest BCUT2D eigenvalue weighted by Gasteiger charge is 2.45. The first-order chi connectivity index (χ1) is 26.8. The summed E-state index contributed by atoms with van der Waals surface area (Å²) in [6, 6.07) is 12.8. The number of hydrogen-bond acceptors (Lipinski definition) is 8. The number of hydrogen-bond donors (Lipinski definition) is 4. The fraction of sp³-hybridized carbons (Fsp3) is 0.537. The number of likely N-dealkylation sites (tertiary alicyclic amines) is 1. The fourth-order valence-electron chi connectivity index (χ4n) is 6.99. The third-order valence-electron chi connectivity index (χ3n) is 9.97. The Balaban J connectivity index is 1.48. The van der Waals surface area contributed by atoms with Crippen LogP contribution >= 0.6 is 0 Å². The molecular formula is C41H54F2N6O8. The molecule has 0 aromatic heterocycles. The molecule has 6 amide bonds. The van der Waals surface area contributed by atoms with E-state index in [4.69, 9.17) is 4.74 Å². The molecule has 4 N–H and O–H groups in total. The number of ether oxygens (including phenoxy) is 1. The number of aryl methyl sites for hydroxylation is 1. The van der Waals surface area contributed by atoms with Crippen molar-refractivity contribution in [1.29, 1.82) is 0 Å². The molecule has 4 rings (SSSR count). The second-order valence-electron chi connectivity index (χ2n) is 15.8. The van der Waals surface area contributed by atoms with Crippen molar-refractivity contribution in [3.63, 3.8) is 0 Å². The van der Waals surface area contributed by atoms with Gasteiger partial charge in [0.2, 0.25) is 35.3 Å². The van der Waals surface area contributed by atoms with Gasteiger partial charge >= 0.3 is 6.09 Å². The molecule has 2 aromatic carbocycles. The molecular weight excluding hydrogens is 742 g/mol. The lowest BCUT2D eigenvalue weighted by Crippen LogP contribution is -2.58. The summed E-state index contributed by atoms with van der Waals surface area (Å²) >= 11 is 0. The highest BCUT2D eigenvalue weighted by atomic mass is 19.3. The average Bonchev–Trinajstić information content (AvgIpc) is 3.66. The summed E-state index contributed by atoms with van der Waals surface area (Å²) in [6.07, 6.45) is -0.984. The Labute approximate surface area is 331 Å². The number of carbonyl (C=O) groups is 7. The lowest BCUT2D eigenvalue weighted by Gasteiger charge is -2.36. The smallest absolute Gasteiger partial charge is 0.408 e. The zero-order valence-corrected chi connectivity index (χ0v) is 33.1. The van der Waals surface area contributed by atoms with Crippen molar-refractivity contribution in [2.24, 2.45) is 5.92 Å². The maximum absolute atomic E-state index is 14.2. The van der Waals surface area contributed by atoms with Crippen molar-refractivity contribution >= 4 is 41.4 Å². The minimum atomic E-state index is -2.89. The van der Waals surface area contributed by atoms with Crippen LogP contribution in [0, 0.1) is 5.92 Å². The van der Waals surface area contributed by atoms with Crippen LogP contribution in [0.2, 0.25) is 0 Å². The Kier molecular flexibility index (Phi) is 15.3. The summed E-state index contributed by atoms with van der Waals surface area (Å²) in [5, 5.41) is 10.1. The molecule has 3 unspecified atom stereocenters. The minimum absolute atomic E-state index is 0.00139. The second kappa shape index (κ2) is 19.6. The second-order valence-corrected chi connectivity index (χ2v) is 15.8. The predicted octanol–water partition coefficient (Wildman–Crippen LogP) is 3.44. The van der Waals surface area contributed by atoms with Crippen molar-refractivity contribution in [2.75, 3.05) is 27.2 Å². The number of alkyl halides is 2. The van der Waals surface area contributed by atoms with Crippen LogP contribution in [0.4, 0.5) is 13.6 Å². The largest absolute Gasteiger partial charge is 0.444 e. The van der Waals surface area contributed by atoms with Crippen molar-refractivity contribution in [3.8, 4) is 0 Å². The SMILES string of the molecule is CN(C)C(=O)[C@@H](NC(=O)CNC(=O)C(=O)C(CCc1ccccc1)NC(=O)C1CCCN1C(=O)C(NC(=O)OC(C)(C)C)C1CCC(F)(F)CC1)c1ccccc1. The molecule has 2 aliphatic rings. The van der Waals surface area contributed by atoms with E-state index < -0.39 is 102 Å². The summed E-state index contributed by atoms with van der Waals surface area (Å²) in [6.45, 7) is 4.42.